The fourth-order valence-corrected chi connectivity index (χ4v) is 3.44. The minimum absolute atomic E-state index is 0.728. The van der Waals surface area contributed by atoms with Gasteiger partial charge in [0, 0.05) is 21.5 Å². The first-order valence-corrected chi connectivity index (χ1v) is 7.96. The van der Waals surface area contributed by atoms with E-state index in [-0.39, 0.29) is 0 Å². The molecule has 0 aliphatic heterocycles. The summed E-state index contributed by atoms with van der Waals surface area (Å²) in [5, 5.41) is 4.91. The lowest BCUT2D eigenvalue weighted by molar-refractivity contribution is 0.505. The Morgan fingerprint density at radius 3 is 2.74 bits per heavy atom. The number of nitrogens with one attached hydrogen (secondary N) is 1. The molecule has 0 radical (unpaired) electrons. The van der Waals surface area contributed by atoms with Gasteiger partial charge in [-0.25, -0.2) is 0 Å². The van der Waals surface area contributed by atoms with Gasteiger partial charge in [-0.1, -0.05) is 15.9 Å². The van der Waals surface area contributed by atoms with Crippen molar-refractivity contribution in [2.45, 2.75) is 51.1 Å². The van der Waals surface area contributed by atoms with Gasteiger partial charge in [0.25, 0.3) is 0 Å². The second-order valence-electron chi connectivity index (χ2n) is 5.97. The number of hydrogen-bond donors (Lipinski definition) is 1. The second kappa shape index (κ2) is 4.35. The van der Waals surface area contributed by atoms with Gasteiger partial charge in [0.2, 0.25) is 0 Å². The van der Waals surface area contributed by atoms with Gasteiger partial charge in [0.15, 0.2) is 0 Å². The lowest BCUT2D eigenvalue weighted by atomic mass is 10.0. The maximum Gasteiger partial charge on any atom is 0.137 e. The number of aryl methyl sites for hydroxylation is 1. The normalized spacial score (nSPS) is 19.3. The topological polar surface area (TPSA) is 25.2 Å². The summed E-state index contributed by atoms with van der Waals surface area (Å²) < 4.78 is 7.34. The Labute approximate surface area is 121 Å². The van der Waals surface area contributed by atoms with Crippen LogP contribution in [0.5, 0.6) is 0 Å². The average Bonchev–Trinajstić information content (AvgIpc) is 3.26. The first-order chi connectivity index (χ1) is 9.22. The molecule has 3 heteroatoms. The van der Waals surface area contributed by atoms with Crippen LogP contribution in [0.15, 0.2) is 21.0 Å². The Balaban J connectivity index is 1.81. The highest BCUT2D eigenvalue weighted by Gasteiger charge is 2.32. The molecule has 1 N–H and O–H groups in total. The molecule has 1 heterocycles. The number of rotatable bonds is 4. The van der Waals surface area contributed by atoms with Crippen molar-refractivity contribution in [1.82, 2.24) is 5.32 Å². The maximum absolute atomic E-state index is 6.18. The molecule has 4 rings (SSSR count). The third-order valence-corrected chi connectivity index (χ3v) is 4.63. The van der Waals surface area contributed by atoms with E-state index < -0.39 is 0 Å². The molecule has 19 heavy (non-hydrogen) atoms. The van der Waals surface area contributed by atoms with Crippen molar-refractivity contribution in [3.05, 3.63) is 33.5 Å². The van der Waals surface area contributed by atoms with Gasteiger partial charge in [-0.3, -0.25) is 0 Å². The van der Waals surface area contributed by atoms with Gasteiger partial charge in [-0.05, 0) is 56.2 Å². The highest BCUT2D eigenvalue weighted by atomic mass is 79.9. The molecule has 2 aliphatic carbocycles. The van der Waals surface area contributed by atoms with E-state index in [2.05, 4.69) is 40.3 Å². The molecule has 2 aromatic rings. The molecule has 2 aliphatic rings. The van der Waals surface area contributed by atoms with Crippen LogP contribution in [0.25, 0.3) is 11.0 Å². The van der Waals surface area contributed by atoms with Gasteiger partial charge in [-0.2, -0.15) is 0 Å². The van der Waals surface area contributed by atoms with E-state index in [4.69, 9.17) is 4.42 Å². The molecule has 100 valence electrons. The van der Waals surface area contributed by atoms with E-state index in [0.29, 0.717) is 0 Å². The van der Waals surface area contributed by atoms with Crippen LogP contribution in [0, 0.1) is 6.92 Å². The summed E-state index contributed by atoms with van der Waals surface area (Å²) in [6.07, 6.45) is 5.28. The quantitative estimate of drug-likeness (QED) is 0.888. The molecule has 0 spiro atoms. The molecule has 0 amide bonds. The van der Waals surface area contributed by atoms with Crippen molar-refractivity contribution in [3.8, 4) is 0 Å². The van der Waals surface area contributed by atoms with Crippen LogP contribution in [-0.4, -0.2) is 6.04 Å². The van der Waals surface area contributed by atoms with Crippen molar-refractivity contribution in [1.29, 1.82) is 0 Å². The van der Waals surface area contributed by atoms with Crippen molar-refractivity contribution < 1.29 is 4.42 Å². The predicted octanol–water partition coefficient (Wildman–Crippen LogP) is 4.63. The van der Waals surface area contributed by atoms with Crippen LogP contribution in [0.4, 0.5) is 0 Å². The van der Waals surface area contributed by atoms with Gasteiger partial charge < -0.3 is 9.73 Å². The van der Waals surface area contributed by atoms with Crippen LogP contribution in [0.1, 0.15) is 48.5 Å². The summed E-state index contributed by atoms with van der Waals surface area (Å²) in [6, 6.07) is 5.09. The molecule has 0 bridgehead atoms. The fraction of sp³-hybridized carbons (Fsp3) is 0.500. The highest BCUT2D eigenvalue weighted by Crippen LogP contribution is 2.47. The smallest absolute Gasteiger partial charge is 0.137 e. The zero-order valence-corrected chi connectivity index (χ0v) is 12.7. The van der Waals surface area contributed by atoms with E-state index in [1.807, 2.05) is 0 Å². The number of benzene rings is 1. The van der Waals surface area contributed by atoms with Crippen LogP contribution in [0.3, 0.4) is 0 Å². The van der Waals surface area contributed by atoms with E-state index >= 15 is 0 Å². The monoisotopic (exact) mass is 319 g/mol. The number of halogens is 1. The Morgan fingerprint density at radius 2 is 2.05 bits per heavy atom. The minimum atomic E-state index is 0.728. The van der Waals surface area contributed by atoms with E-state index in [0.717, 1.165) is 28.6 Å². The second-order valence-corrected chi connectivity index (χ2v) is 6.88. The molecular formula is C16H18BrNO. The molecular weight excluding hydrogens is 302 g/mol. The van der Waals surface area contributed by atoms with E-state index in [1.54, 1.807) is 0 Å². The lowest BCUT2D eigenvalue weighted by Crippen LogP contribution is -2.15. The zero-order chi connectivity index (χ0) is 13.0. The van der Waals surface area contributed by atoms with Crippen molar-refractivity contribution in [2.24, 2.45) is 0 Å². The van der Waals surface area contributed by atoms with Crippen LogP contribution < -0.4 is 5.32 Å². The molecule has 1 aromatic heterocycles. The molecule has 0 saturated heterocycles. The molecule has 2 fully saturated rings. The van der Waals surface area contributed by atoms with Crippen molar-refractivity contribution in [2.75, 3.05) is 0 Å². The van der Waals surface area contributed by atoms with Gasteiger partial charge >= 0.3 is 0 Å². The highest BCUT2D eigenvalue weighted by molar-refractivity contribution is 9.10. The molecule has 1 aromatic carbocycles. The zero-order valence-electron chi connectivity index (χ0n) is 11.1. The molecule has 0 unspecified atom stereocenters. The lowest BCUT2D eigenvalue weighted by Gasteiger charge is -2.02. The first kappa shape index (κ1) is 12.0. The summed E-state index contributed by atoms with van der Waals surface area (Å²) in [4.78, 5) is 0. The summed E-state index contributed by atoms with van der Waals surface area (Å²) >= 11 is 3.61. The van der Waals surface area contributed by atoms with Gasteiger partial charge in [0.1, 0.15) is 11.3 Å². The maximum atomic E-state index is 6.18. The fourth-order valence-electron chi connectivity index (χ4n) is 2.87. The number of hydrogen-bond acceptors (Lipinski definition) is 2. The molecule has 2 nitrogen and oxygen atoms in total. The molecule has 0 atom stereocenters. The molecule has 2 saturated carbocycles. The van der Waals surface area contributed by atoms with Crippen molar-refractivity contribution >= 4 is 26.9 Å². The van der Waals surface area contributed by atoms with Crippen LogP contribution in [0.2, 0.25) is 0 Å². The van der Waals surface area contributed by atoms with Crippen molar-refractivity contribution in [3.63, 3.8) is 0 Å². The summed E-state index contributed by atoms with van der Waals surface area (Å²) in [5.41, 5.74) is 3.77. The average molecular weight is 320 g/mol. The number of furan rings is 1. The summed E-state index contributed by atoms with van der Waals surface area (Å²) in [7, 11) is 0. The predicted molar refractivity (Wildman–Crippen MR) is 80.5 cm³/mol. The Hall–Kier alpha value is -0.800. The van der Waals surface area contributed by atoms with Gasteiger partial charge in [-0.15, -0.1) is 0 Å². The Bertz CT molecular complexity index is 638. The third-order valence-electron chi connectivity index (χ3n) is 4.17. The minimum Gasteiger partial charge on any atom is -0.459 e. The Morgan fingerprint density at radius 1 is 1.26 bits per heavy atom. The summed E-state index contributed by atoms with van der Waals surface area (Å²) in [5.74, 6) is 1.90. The largest absolute Gasteiger partial charge is 0.459 e. The standard InChI is InChI=1S/C16H18BrNO/c1-9-6-11(17)7-13-15(10-2-3-10)14(19-16(9)13)8-18-12-4-5-12/h6-7,10,12,18H,2-5,8H2,1H3. The van der Waals surface area contributed by atoms with Gasteiger partial charge in [0.05, 0.1) is 6.54 Å². The van der Waals surface area contributed by atoms with Crippen LogP contribution >= 0.6 is 15.9 Å². The SMILES string of the molecule is Cc1cc(Br)cc2c(C3CC3)c(CNC3CC3)oc12. The van der Waals surface area contributed by atoms with E-state index in [1.165, 1.54) is 48.0 Å². The number of fused-ring (bicyclic) bond motifs is 1. The third kappa shape index (κ3) is 2.23. The summed E-state index contributed by atoms with van der Waals surface area (Å²) in [6.45, 7) is 3.02. The van der Waals surface area contributed by atoms with E-state index in [9.17, 15) is 0 Å². The Kier molecular flexibility index (Phi) is 2.75. The first-order valence-electron chi connectivity index (χ1n) is 7.17. The van der Waals surface area contributed by atoms with Crippen LogP contribution in [-0.2, 0) is 6.54 Å².